The molecular weight excluding hydrogens is 342 g/mol. The van der Waals surface area contributed by atoms with E-state index in [1.165, 1.54) is 11.1 Å². The monoisotopic (exact) mass is 365 g/mol. The SMILES string of the molecule is Cc1cccc(CSCC(=O)NC(C)c2ccc(-n3ccnc3)cc2)c1. The molecule has 1 aromatic heterocycles. The van der Waals surface area contributed by atoms with E-state index in [-0.39, 0.29) is 11.9 Å². The number of thioether (sulfide) groups is 1. The highest BCUT2D eigenvalue weighted by Crippen LogP contribution is 2.17. The van der Waals surface area contributed by atoms with Gasteiger partial charge in [0.15, 0.2) is 0 Å². The van der Waals surface area contributed by atoms with Crippen LogP contribution >= 0.6 is 11.8 Å². The van der Waals surface area contributed by atoms with Crippen LogP contribution < -0.4 is 5.32 Å². The van der Waals surface area contributed by atoms with Crippen molar-refractivity contribution in [3.63, 3.8) is 0 Å². The van der Waals surface area contributed by atoms with Crippen LogP contribution in [0.25, 0.3) is 5.69 Å². The maximum atomic E-state index is 12.2. The third kappa shape index (κ3) is 4.99. The topological polar surface area (TPSA) is 46.9 Å². The van der Waals surface area contributed by atoms with Gasteiger partial charge in [-0.15, -0.1) is 11.8 Å². The number of hydrogen-bond donors (Lipinski definition) is 1. The summed E-state index contributed by atoms with van der Waals surface area (Å²) in [5.41, 5.74) is 4.65. The zero-order valence-corrected chi connectivity index (χ0v) is 15.9. The van der Waals surface area contributed by atoms with E-state index in [2.05, 4.69) is 41.5 Å². The predicted octanol–water partition coefficient (Wildman–Crippen LogP) is 4.29. The van der Waals surface area contributed by atoms with E-state index in [1.807, 2.05) is 42.0 Å². The summed E-state index contributed by atoms with van der Waals surface area (Å²) in [5.74, 6) is 1.38. The van der Waals surface area contributed by atoms with E-state index >= 15 is 0 Å². The minimum atomic E-state index is -0.0149. The van der Waals surface area contributed by atoms with Crippen molar-refractivity contribution in [1.82, 2.24) is 14.9 Å². The lowest BCUT2D eigenvalue weighted by Gasteiger charge is -2.15. The average Bonchev–Trinajstić information content (AvgIpc) is 3.16. The lowest BCUT2D eigenvalue weighted by molar-refractivity contribution is -0.119. The van der Waals surface area contributed by atoms with Gasteiger partial charge in [0.05, 0.1) is 18.1 Å². The van der Waals surface area contributed by atoms with Crippen molar-refractivity contribution < 1.29 is 4.79 Å². The summed E-state index contributed by atoms with van der Waals surface area (Å²) >= 11 is 1.64. The Morgan fingerprint density at radius 3 is 2.73 bits per heavy atom. The molecular formula is C21H23N3OS. The fourth-order valence-corrected chi connectivity index (χ4v) is 3.56. The maximum Gasteiger partial charge on any atom is 0.230 e. The molecule has 5 heteroatoms. The van der Waals surface area contributed by atoms with E-state index in [4.69, 9.17) is 0 Å². The molecule has 26 heavy (non-hydrogen) atoms. The van der Waals surface area contributed by atoms with Gasteiger partial charge in [-0.3, -0.25) is 4.79 Å². The van der Waals surface area contributed by atoms with Crippen molar-refractivity contribution in [2.45, 2.75) is 25.6 Å². The number of nitrogens with one attached hydrogen (secondary N) is 1. The quantitative estimate of drug-likeness (QED) is 0.679. The van der Waals surface area contributed by atoms with Crippen LogP contribution in [0.4, 0.5) is 0 Å². The van der Waals surface area contributed by atoms with Gasteiger partial charge in [-0.2, -0.15) is 0 Å². The normalized spacial score (nSPS) is 11.9. The Morgan fingerprint density at radius 2 is 2.04 bits per heavy atom. The Morgan fingerprint density at radius 1 is 1.23 bits per heavy atom. The number of nitrogens with zero attached hydrogens (tertiary/aromatic N) is 2. The number of carbonyl (C=O) groups is 1. The molecule has 3 rings (SSSR count). The van der Waals surface area contributed by atoms with E-state index in [9.17, 15) is 4.79 Å². The molecule has 0 aliphatic rings. The van der Waals surface area contributed by atoms with Gasteiger partial charge >= 0.3 is 0 Å². The number of aryl methyl sites for hydroxylation is 1. The third-order valence-electron chi connectivity index (χ3n) is 4.16. The minimum absolute atomic E-state index is 0.0149. The molecule has 0 saturated carbocycles. The standard InChI is InChI=1S/C21H23N3OS/c1-16-4-3-5-18(12-16)13-26-14-21(25)23-17(2)19-6-8-20(9-7-19)24-11-10-22-15-24/h3-12,15,17H,13-14H2,1-2H3,(H,23,25). The van der Waals surface area contributed by atoms with E-state index < -0.39 is 0 Å². The lowest BCUT2D eigenvalue weighted by Crippen LogP contribution is -2.28. The molecule has 1 atom stereocenters. The molecule has 1 amide bonds. The van der Waals surface area contributed by atoms with E-state index in [1.54, 1.807) is 24.3 Å². The van der Waals surface area contributed by atoms with Crippen molar-refractivity contribution in [3.05, 3.63) is 83.9 Å². The Bertz CT molecular complexity index is 844. The van der Waals surface area contributed by atoms with Crippen molar-refractivity contribution in [3.8, 4) is 5.69 Å². The van der Waals surface area contributed by atoms with Gasteiger partial charge in [-0.05, 0) is 37.1 Å². The zero-order chi connectivity index (χ0) is 18.4. The Kier molecular flexibility index (Phi) is 6.12. The van der Waals surface area contributed by atoms with E-state index in [0.717, 1.165) is 17.0 Å². The van der Waals surface area contributed by atoms with Gasteiger partial charge in [0.1, 0.15) is 0 Å². The summed E-state index contributed by atoms with van der Waals surface area (Å²) in [4.78, 5) is 16.2. The Balaban J connectivity index is 1.47. The van der Waals surface area contributed by atoms with Gasteiger partial charge in [-0.1, -0.05) is 42.0 Å². The number of amides is 1. The zero-order valence-electron chi connectivity index (χ0n) is 15.1. The fraction of sp³-hybridized carbons (Fsp3) is 0.238. The molecule has 1 N–H and O–H groups in total. The second-order valence-corrected chi connectivity index (χ2v) is 7.32. The second-order valence-electron chi connectivity index (χ2n) is 6.33. The summed E-state index contributed by atoms with van der Waals surface area (Å²) in [6.45, 7) is 4.09. The summed E-state index contributed by atoms with van der Waals surface area (Å²) in [5, 5.41) is 3.07. The highest BCUT2D eigenvalue weighted by atomic mass is 32.2. The number of benzene rings is 2. The Labute approximate surface area is 158 Å². The Hall–Kier alpha value is -2.53. The molecule has 2 aromatic carbocycles. The molecule has 0 aliphatic carbocycles. The van der Waals surface area contributed by atoms with Crippen LogP contribution in [-0.2, 0) is 10.5 Å². The molecule has 4 nitrogen and oxygen atoms in total. The molecule has 1 heterocycles. The first-order valence-electron chi connectivity index (χ1n) is 8.63. The van der Waals surface area contributed by atoms with Crippen molar-refractivity contribution in [2.75, 3.05) is 5.75 Å². The van der Waals surface area contributed by atoms with Crippen LogP contribution in [0.3, 0.4) is 0 Å². The molecule has 0 aliphatic heterocycles. The number of imidazole rings is 1. The van der Waals surface area contributed by atoms with E-state index in [0.29, 0.717) is 5.75 Å². The summed E-state index contributed by atoms with van der Waals surface area (Å²) in [7, 11) is 0. The van der Waals surface area contributed by atoms with Crippen LogP contribution in [-0.4, -0.2) is 21.2 Å². The van der Waals surface area contributed by atoms with Gasteiger partial charge < -0.3 is 9.88 Å². The van der Waals surface area contributed by atoms with Gasteiger partial charge in [0, 0.05) is 23.8 Å². The molecule has 0 saturated heterocycles. The highest BCUT2D eigenvalue weighted by Gasteiger charge is 2.10. The first-order chi connectivity index (χ1) is 12.6. The molecule has 0 radical (unpaired) electrons. The van der Waals surface area contributed by atoms with Crippen LogP contribution in [0, 0.1) is 6.92 Å². The van der Waals surface area contributed by atoms with Crippen molar-refractivity contribution in [2.24, 2.45) is 0 Å². The van der Waals surface area contributed by atoms with Gasteiger partial charge in [0.25, 0.3) is 0 Å². The summed E-state index contributed by atoms with van der Waals surface area (Å²) in [6.07, 6.45) is 5.43. The van der Waals surface area contributed by atoms with Crippen molar-refractivity contribution >= 4 is 17.7 Å². The molecule has 3 aromatic rings. The largest absolute Gasteiger partial charge is 0.349 e. The van der Waals surface area contributed by atoms with Gasteiger partial charge in [-0.25, -0.2) is 4.98 Å². The lowest BCUT2D eigenvalue weighted by atomic mass is 10.1. The minimum Gasteiger partial charge on any atom is -0.349 e. The molecule has 134 valence electrons. The van der Waals surface area contributed by atoms with Crippen LogP contribution in [0.2, 0.25) is 0 Å². The summed E-state index contributed by atoms with van der Waals surface area (Å²) < 4.78 is 1.95. The highest BCUT2D eigenvalue weighted by molar-refractivity contribution is 7.99. The maximum absolute atomic E-state index is 12.2. The molecule has 1 unspecified atom stereocenters. The van der Waals surface area contributed by atoms with Crippen LogP contribution in [0.5, 0.6) is 0 Å². The molecule has 0 bridgehead atoms. The number of hydrogen-bond acceptors (Lipinski definition) is 3. The van der Waals surface area contributed by atoms with Crippen molar-refractivity contribution in [1.29, 1.82) is 0 Å². The first kappa shape index (κ1) is 18.3. The summed E-state index contributed by atoms with van der Waals surface area (Å²) in [6, 6.07) is 16.5. The third-order valence-corrected chi connectivity index (χ3v) is 5.16. The van der Waals surface area contributed by atoms with Crippen LogP contribution in [0.15, 0.2) is 67.3 Å². The number of aromatic nitrogens is 2. The van der Waals surface area contributed by atoms with Gasteiger partial charge in [0.2, 0.25) is 5.91 Å². The van der Waals surface area contributed by atoms with Crippen LogP contribution in [0.1, 0.15) is 29.7 Å². The first-order valence-corrected chi connectivity index (χ1v) is 9.78. The average molecular weight is 366 g/mol. The number of rotatable bonds is 7. The molecule has 0 fully saturated rings. The second kappa shape index (κ2) is 8.72. The smallest absolute Gasteiger partial charge is 0.230 e. The number of carbonyl (C=O) groups excluding carboxylic acids is 1. The molecule has 0 spiro atoms. The fourth-order valence-electron chi connectivity index (χ4n) is 2.78. The predicted molar refractivity (Wildman–Crippen MR) is 107 cm³/mol.